The molecule has 9 rings (SSSR count). The summed E-state index contributed by atoms with van der Waals surface area (Å²) in [6, 6.07) is 4.81. The van der Waals surface area contributed by atoms with Gasteiger partial charge in [0, 0.05) is 0 Å². The molecule has 8 bridgehead atoms. The Hall–Kier alpha value is -1.84. The molecule has 2 N–H and O–H groups in total. The van der Waals surface area contributed by atoms with Crippen molar-refractivity contribution in [1.82, 2.24) is 0 Å². The molecule has 194 valence electrons. The summed E-state index contributed by atoms with van der Waals surface area (Å²) < 4.78 is 0. The summed E-state index contributed by atoms with van der Waals surface area (Å²) in [5.74, 6) is -1.05. The lowest BCUT2D eigenvalue weighted by Gasteiger charge is -2.78. The van der Waals surface area contributed by atoms with Crippen molar-refractivity contribution in [3.05, 3.63) is 34.9 Å². The predicted octanol–water partition coefficient (Wildman–Crippen LogP) is 7.70. The molecule has 4 heteroatoms. The smallest absolute Gasteiger partial charge is 0.335 e. The van der Waals surface area contributed by atoms with Crippen molar-refractivity contribution in [2.24, 2.45) is 38.4 Å². The fourth-order valence-corrected chi connectivity index (χ4v) is 13.9. The first kappa shape index (κ1) is 23.3. The highest BCUT2D eigenvalue weighted by atomic mass is 16.4. The van der Waals surface area contributed by atoms with Gasteiger partial charge in [-0.2, -0.15) is 0 Å². The fraction of sp³-hybridized carbons (Fsp3) is 0.750. The quantitative estimate of drug-likeness (QED) is 0.453. The first-order chi connectivity index (χ1) is 16.6. The number of rotatable bonds is 4. The number of hydrogen-bond donors (Lipinski definition) is 2. The van der Waals surface area contributed by atoms with E-state index in [1.54, 1.807) is 12.1 Å². The lowest BCUT2D eigenvalue weighted by molar-refractivity contribution is -0.270. The van der Waals surface area contributed by atoms with Crippen LogP contribution >= 0.6 is 0 Å². The lowest BCUT2D eigenvalue weighted by atomic mass is 9.26. The van der Waals surface area contributed by atoms with E-state index in [0.29, 0.717) is 21.8 Å². The summed E-state index contributed by atoms with van der Waals surface area (Å²) in [4.78, 5) is 24.5. The Bertz CT molecular complexity index is 1170. The van der Waals surface area contributed by atoms with Gasteiger partial charge in [0.2, 0.25) is 0 Å². The second-order valence-electron chi connectivity index (χ2n) is 16.5. The van der Waals surface area contributed by atoms with E-state index < -0.39 is 11.9 Å². The minimum atomic E-state index is -0.966. The van der Waals surface area contributed by atoms with Crippen LogP contribution in [0.4, 0.5) is 0 Å². The number of carboxylic acids is 2. The normalized spacial score (nSPS) is 52.1. The topological polar surface area (TPSA) is 74.6 Å². The van der Waals surface area contributed by atoms with Crippen LogP contribution in [0, 0.1) is 38.4 Å². The van der Waals surface area contributed by atoms with Crippen LogP contribution in [0.3, 0.4) is 0 Å². The van der Waals surface area contributed by atoms with Gasteiger partial charge in [0.05, 0.1) is 11.1 Å². The van der Waals surface area contributed by atoms with Crippen molar-refractivity contribution in [2.45, 2.75) is 110 Å². The van der Waals surface area contributed by atoms with Gasteiger partial charge in [0.25, 0.3) is 0 Å². The summed E-state index contributed by atoms with van der Waals surface area (Å²) >= 11 is 0. The van der Waals surface area contributed by atoms with Crippen LogP contribution < -0.4 is 0 Å². The van der Waals surface area contributed by atoms with Crippen molar-refractivity contribution in [3.8, 4) is 0 Å². The monoisotopic (exact) mass is 490 g/mol. The lowest BCUT2D eigenvalue weighted by Crippen LogP contribution is -2.69. The second kappa shape index (κ2) is 6.41. The van der Waals surface area contributed by atoms with Gasteiger partial charge in [-0.1, -0.05) is 27.7 Å². The van der Waals surface area contributed by atoms with E-state index in [-0.39, 0.29) is 27.2 Å². The summed E-state index contributed by atoms with van der Waals surface area (Å²) in [5.41, 5.74) is 2.96. The van der Waals surface area contributed by atoms with Gasteiger partial charge in [-0.05, 0) is 145 Å². The van der Waals surface area contributed by atoms with Gasteiger partial charge >= 0.3 is 11.9 Å². The average Bonchev–Trinajstić information content (AvgIpc) is 2.68. The summed E-state index contributed by atoms with van der Waals surface area (Å²) in [6.45, 7) is 10.1. The van der Waals surface area contributed by atoms with E-state index in [9.17, 15) is 19.8 Å². The van der Waals surface area contributed by atoms with Crippen molar-refractivity contribution in [2.75, 3.05) is 0 Å². The van der Waals surface area contributed by atoms with Crippen LogP contribution in [-0.2, 0) is 5.41 Å². The van der Waals surface area contributed by atoms with Gasteiger partial charge < -0.3 is 10.2 Å². The van der Waals surface area contributed by atoms with Crippen LogP contribution in [0.1, 0.15) is 131 Å². The van der Waals surface area contributed by atoms with E-state index in [1.807, 2.05) is 0 Å². The van der Waals surface area contributed by atoms with E-state index in [2.05, 4.69) is 27.7 Å². The minimum absolute atomic E-state index is 0.184. The van der Waals surface area contributed by atoms with Gasteiger partial charge in [0.15, 0.2) is 0 Å². The molecule has 4 nitrogen and oxygen atoms in total. The fourth-order valence-electron chi connectivity index (χ4n) is 13.9. The third-order valence-corrected chi connectivity index (χ3v) is 12.4. The summed E-state index contributed by atoms with van der Waals surface area (Å²) in [5, 5.41) is 20.1. The highest BCUT2D eigenvalue weighted by Gasteiger charge is 2.74. The Kier molecular flexibility index (Phi) is 4.15. The minimum Gasteiger partial charge on any atom is -0.478 e. The molecule has 1 aromatic rings. The standard InChI is InChI=1S/C32H42O4/c1-26-8-20-9-27(2,11-26)16-31(10-20,15-26)32-17-28(3)12-29(4,18-32)14-30(13-28,19-32)23-7-21(24(33)34)5-6-22(23)25(35)36/h5-7,20H,8-19H2,1-4H3,(H,33,34)(H,35,36). The number of benzene rings is 1. The van der Waals surface area contributed by atoms with Crippen LogP contribution in [0.25, 0.3) is 0 Å². The third kappa shape index (κ3) is 2.93. The molecule has 1 aromatic carbocycles. The molecule has 4 unspecified atom stereocenters. The maximum Gasteiger partial charge on any atom is 0.335 e. The van der Waals surface area contributed by atoms with E-state index in [1.165, 1.54) is 63.9 Å². The molecule has 0 aliphatic heterocycles. The summed E-state index contributed by atoms with van der Waals surface area (Å²) in [6.07, 6.45) is 15.0. The van der Waals surface area contributed by atoms with Crippen LogP contribution in [0.15, 0.2) is 18.2 Å². The SMILES string of the molecule is CC12CC3CC(C)(C1)CC(C14CC5(C)CC(C)(CC(c6cc(C(=O)O)ccc6C(=O)O)(C5)C1)C4)(C3)C2. The van der Waals surface area contributed by atoms with Crippen LogP contribution in [-0.4, -0.2) is 22.2 Å². The Morgan fingerprint density at radius 1 is 0.667 bits per heavy atom. The maximum absolute atomic E-state index is 12.5. The van der Waals surface area contributed by atoms with Gasteiger partial charge in [-0.3, -0.25) is 0 Å². The van der Waals surface area contributed by atoms with Crippen molar-refractivity contribution in [1.29, 1.82) is 0 Å². The van der Waals surface area contributed by atoms with Crippen molar-refractivity contribution in [3.63, 3.8) is 0 Å². The number of aromatic carboxylic acids is 2. The van der Waals surface area contributed by atoms with Crippen molar-refractivity contribution >= 4 is 11.9 Å². The third-order valence-electron chi connectivity index (χ3n) is 12.4. The zero-order valence-corrected chi connectivity index (χ0v) is 22.5. The summed E-state index contributed by atoms with van der Waals surface area (Å²) in [7, 11) is 0. The van der Waals surface area contributed by atoms with Gasteiger partial charge in [-0.25, -0.2) is 9.59 Å². The predicted molar refractivity (Wildman–Crippen MR) is 138 cm³/mol. The Morgan fingerprint density at radius 3 is 1.75 bits per heavy atom. The first-order valence-corrected chi connectivity index (χ1v) is 14.2. The van der Waals surface area contributed by atoms with Crippen LogP contribution in [0.5, 0.6) is 0 Å². The molecule has 4 atom stereocenters. The molecule has 0 heterocycles. The van der Waals surface area contributed by atoms with Crippen LogP contribution in [0.2, 0.25) is 0 Å². The Balaban J connectivity index is 1.43. The van der Waals surface area contributed by atoms with E-state index in [0.717, 1.165) is 30.7 Å². The van der Waals surface area contributed by atoms with Gasteiger partial charge in [0.1, 0.15) is 0 Å². The zero-order valence-electron chi connectivity index (χ0n) is 22.5. The highest BCUT2D eigenvalue weighted by Crippen LogP contribution is 2.83. The van der Waals surface area contributed by atoms with E-state index in [4.69, 9.17) is 0 Å². The Morgan fingerprint density at radius 2 is 1.22 bits per heavy atom. The molecule has 0 saturated heterocycles. The molecule has 36 heavy (non-hydrogen) atoms. The molecule has 8 fully saturated rings. The molecule has 8 aliphatic carbocycles. The maximum atomic E-state index is 12.5. The number of carbonyl (C=O) groups is 2. The molecule has 8 aliphatic rings. The van der Waals surface area contributed by atoms with Crippen molar-refractivity contribution < 1.29 is 19.8 Å². The largest absolute Gasteiger partial charge is 0.478 e. The number of hydrogen-bond acceptors (Lipinski definition) is 2. The van der Waals surface area contributed by atoms with E-state index >= 15 is 0 Å². The molecular formula is C32H42O4. The molecule has 0 amide bonds. The molecule has 8 saturated carbocycles. The molecule has 0 radical (unpaired) electrons. The van der Waals surface area contributed by atoms with Gasteiger partial charge in [-0.15, -0.1) is 0 Å². The molecular weight excluding hydrogens is 448 g/mol. The zero-order chi connectivity index (χ0) is 25.6. The molecule has 0 aromatic heterocycles. The number of carboxylic acid groups (broad SMARTS) is 2. The highest BCUT2D eigenvalue weighted by molar-refractivity contribution is 5.93. The second-order valence-corrected chi connectivity index (χ2v) is 16.5. The average molecular weight is 491 g/mol. The Labute approximate surface area is 215 Å². The molecule has 0 spiro atoms. The first-order valence-electron chi connectivity index (χ1n) is 14.2.